The van der Waals surface area contributed by atoms with Crippen LogP contribution in [0.2, 0.25) is 0 Å². The third-order valence-corrected chi connectivity index (χ3v) is 5.71. The Balaban J connectivity index is 1.43. The fourth-order valence-electron chi connectivity index (χ4n) is 5.14. The lowest BCUT2D eigenvalue weighted by molar-refractivity contribution is -0.0305. The van der Waals surface area contributed by atoms with Crippen LogP contribution < -0.4 is 11.1 Å². The van der Waals surface area contributed by atoms with Crippen LogP contribution in [0.3, 0.4) is 0 Å². The van der Waals surface area contributed by atoms with Gasteiger partial charge in [0.05, 0.1) is 0 Å². The molecule has 0 saturated heterocycles. The molecule has 3 N–H and O–H groups in total. The first-order valence-corrected chi connectivity index (χ1v) is 7.74. The molecule has 4 saturated carbocycles. The van der Waals surface area contributed by atoms with Crippen LogP contribution in [-0.2, 0) is 0 Å². The number of hydrogen-bond donors (Lipinski definition) is 2. The molecule has 5 rings (SSSR count). The van der Waals surface area contributed by atoms with Gasteiger partial charge in [-0.15, -0.1) is 0 Å². The number of nitrogens with one attached hydrogen (secondary N) is 1. The van der Waals surface area contributed by atoms with Crippen molar-refractivity contribution >= 4 is 11.6 Å². The molecule has 4 bridgehead atoms. The SMILES string of the molecule is Nc1cccc(NCC2C3CC4CC(C3)CC2C4)n1. The van der Waals surface area contributed by atoms with E-state index in [2.05, 4.69) is 10.3 Å². The molecule has 4 aliphatic rings. The van der Waals surface area contributed by atoms with Crippen LogP contribution in [0.25, 0.3) is 0 Å². The van der Waals surface area contributed by atoms with Gasteiger partial charge < -0.3 is 11.1 Å². The first-order valence-electron chi connectivity index (χ1n) is 7.74. The second-order valence-corrected chi connectivity index (χ2v) is 6.92. The van der Waals surface area contributed by atoms with Crippen molar-refractivity contribution < 1.29 is 0 Å². The molecule has 0 aromatic carbocycles. The molecule has 0 radical (unpaired) electrons. The number of nitrogens with two attached hydrogens (primary N) is 1. The highest BCUT2D eigenvalue weighted by Crippen LogP contribution is 2.56. The Bertz CT molecular complexity index is 443. The Labute approximate surface area is 115 Å². The molecule has 4 fully saturated rings. The van der Waals surface area contributed by atoms with Gasteiger partial charge in [-0.05, 0) is 73.8 Å². The van der Waals surface area contributed by atoms with Crippen LogP contribution in [-0.4, -0.2) is 11.5 Å². The van der Waals surface area contributed by atoms with E-state index in [-0.39, 0.29) is 0 Å². The largest absolute Gasteiger partial charge is 0.384 e. The van der Waals surface area contributed by atoms with Crippen molar-refractivity contribution in [1.82, 2.24) is 4.98 Å². The first kappa shape index (κ1) is 11.6. The lowest BCUT2D eigenvalue weighted by Gasteiger charge is -2.54. The highest BCUT2D eigenvalue weighted by Gasteiger charge is 2.47. The van der Waals surface area contributed by atoms with E-state index >= 15 is 0 Å². The third kappa shape index (κ3) is 2.09. The molecule has 4 aliphatic carbocycles. The number of nitrogens with zero attached hydrogens (tertiary/aromatic N) is 1. The standard InChI is InChI=1S/C16H23N3/c17-15-2-1-3-16(19-15)18-9-14-12-5-10-4-11(7-12)8-13(14)6-10/h1-3,10-14H,4-9H2,(H3,17,18,19). The van der Waals surface area contributed by atoms with Crippen LogP contribution in [0.1, 0.15) is 32.1 Å². The molecule has 0 aliphatic heterocycles. The van der Waals surface area contributed by atoms with Crippen molar-refractivity contribution in [2.45, 2.75) is 32.1 Å². The van der Waals surface area contributed by atoms with Crippen molar-refractivity contribution in [3.8, 4) is 0 Å². The van der Waals surface area contributed by atoms with Gasteiger partial charge in [0.1, 0.15) is 11.6 Å². The summed E-state index contributed by atoms with van der Waals surface area (Å²) in [6.45, 7) is 1.09. The Morgan fingerprint density at radius 1 is 1.05 bits per heavy atom. The van der Waals surface area contributed by atoms with Crippen molar-refractivity contribution in [2.24, 2.45) is 29.6 Å². The van der Waals surface area contributed by atoms with Crippen molar-refractivity contribution in [3.63, 3.8) is 0 Å². The topological polar surface area (TPSA) is 50.9 Å². The van der Waals surface area contributed by atoms with Gasteiger partial charge in [0.25, 0.3) is 0 Å². The maximum Gasteiger partial charge on any atom is 0.128 e. The number of hydrogen-bond acceptors (Lipinski definition) is 3. The Morgan fingerprint density at radius 2 is 1.74 bits per heavy atom. The van der Waals surface area contributed by atoms with E-state index in [1.54, 1.807) is 0 Å². The number of anilines is 2. The molecule has 3 nitrogen and oxygen atoms in total. The van der Waals surface area contributed by atoms with Crippen LogP contribution in [0.15, 0.2) is 18.2 Å². The highest BCUT2D eigenvalue weighted by atomic mass is 15.0. The Kier molecular flexibility index (Phi) is 2.68. The van der Waals surface area contributed by atoms with Gasteiger partial charge in [0.2, 0.25) is 0 Å². The maximum absolute atomic E-state index is 5.73. The molecule has 0 atom stereocenters. The molecule has 1 aromatic heterocycles. The minimum absolute atomic E-state index is 0.607. The zero-order chi connectivity index (χ0) is 12.8. The summed E-state index contributed by atoms with van der Waals surface area (Å²) < 4.78 is 0. The summed E-state index contributed by atoms with van der Waals surface area (Å²) in [5.41, 5.74) is 5.73. The molecule has 102 valence electrons. The summed E-state index contributed by atoms with van der Waals surface area (Å²) in [4.78, 5) is 4.34. The van der Waals surface area contributed by atoms with E-state index in [1.807, 2.05) is 18.2 Å². The van der Waals surface area contributed by atoms with Crippen LogP contribution in [0.4, 0.5) is 11.6 Å². The van der Waals surface area contributed by atoms with Gasteiger partial charge in [0, 0.05) is 6.54 Å². The first-order chi connectivity index (χ1) is 9.28. The molecular formula is C16H23N3. The monoisotopic (exact) mass is 257 g/mol. The van der Waals surface area contributed by atoms with Gasteiger partial charge in [-0.1, -0.05) is 6.07 Å². The molecule has 1 heterocycles. The Morgan fingerprint density at radius 3 is 2.37 bits per heavy atom. The fourth-order valence-corrected chi connectivity index (χ4v) is 5.14. The smallest absolute Gasteiger partial charge is 0.128 e. The van der Waals surface area contributed by atoms with Crippen LogP contribution >= 0.6 is 0 Å². The Hall–Kier alpha value is -1.25. The van der Waals surface area contributed by atoms with Crippen molar-refractivity contribution in [2.75, 3.05) is 17.6 Å². The molecule has 0 spiro atoms. The van der Waals surface area contributed by atoms with E-state index in [9.17, 15) is 0 Å². The predicted molar refractivity (Wildman–Crippen MR) is 77.7 cm³/mol. The summed E-state index contributed by atoms with van der Waals surface area (Å²) in [5.74, 6) is 6.49. The molecule has 1 aromatic rings. The quantitative estimate of drug-likeness (QED) is 0.874. The number of rotatable bonds is 3. The second-order valence-electron chi connectivity index (χ2n) is 6.92. The normalized spacial score (nSPS) is 39.5. The second kappa shape index (κ2) is 4.39. The number of aromatic nitrogens is 1. The third-order valence-electron chi connectivity index (χ3n) is 5.71. The molecular weight excluding hydrogens is 234 g/mol. The summed E-state index contributed by atoms with van der Waals surface area (Å²) in [5, 5.41) is 3.52. The highest BCUT2D eigenvalue weighted by molar-refractivity contribution is 5.42. The molecule has 19 heavy (non-hydrogen) atoms. The number of pyridine rings is 1. The summed E-state index contributed by atoms with van der Waals surface area (Å²) in [6, 6.07) is 5.84. The fraction of sp³-hybridized carbons (Fsp3) is 0.688. The van der Waals surface area contributed by atoms with Crippen LogP contribution in [0.5, 0.6) is 0 Å². The lowest BCUT2D eigenvalue weighted by atomic mass is 9.52. The summed E-state index contributed by atoms with van der Waals surface area (Å²) in [6.07, 6.45) is 7.49. The average molecular weight is 257 g/mol. The van der Waals surface area contributed by atoms with Gasteiger partial charge in [-0.25, -0.2) is 4.98 Å². The van der Waals surface area contributed by atoms with E-state index in [1.165, 1.54) is 32.1 Å². The predicted octanol–water partition coefficient (Wildman–Crippen LogP) is 3.15. The van der Waals surface area contributed by atoms with Crippen LogP contribution in [0, 0.1) is 29.6 Å². The van der Waals surface area contributed by atoms with Gasteiger partial charge in [-0.2, -0.15) is 0 Å². The minimum Gasteiger partial charge on any atom is -0.384 e. The van der Waals surface area contributed by atoms with E-state index in [4.69, 9.17) is 5.73 Å². The maximum atomic E-state index is 5.73. The van der Waals surface area contributed by atoms with Crippen molar-refractivity contribution in [3.05, 3.63) is 18.2 Å². The average Bonchev–Trinajstić information content (AvgIpc) is 2.37. The van der Waals surface area contributed by atoms with E-state index in [0.717, 1.165) is 42.0 Å². The molecule has 0 unspecified atom stereocenters. The van der Waals surface area contributed by atoms with E-state index < -0.39 is 0 Å². The zero-order valence-corrected chi connectivity index (χ0v) is 11.4. The molecule has 0 amide bonds. The van der Waals surface area contributed by atoms with Crippen molar-refractivity contribution in [1.29, 1.82) is 0 Å². The van der Waals surface area contributed by atoms with Gasteiger partial charge in [-0.3, -0.25) is 0 Å². The summed E-state index contributed by atoms with van der Waals surface area (Å²) in [7, 11) is 0. The van der Waals surface area contributed by atoms with Gasteiger partial charge in [0.15, 0.2) is 0 Å². The summed E-state index contributed by atoms with van der Waals surface area (Å²) >= 11 is 0. The van der Waals surface area contributed by atoms with E-state index in [0.29, 0.717) is 5.82 Å². The lowest BCUT2D eigenvalue weighted by Crippen LogP contribution is -2.47. The van der Waals surface area contributed by atoms with Gasteiger partial charge >= 0.3 is 0 Å². The zero-order valence-electron chi connectivity index (χ0n) is 11.4. The molecule has 3 heteroatoms. The number of nitrogen functional groups attached to an aromatic ring is 1. The minimum atomic E-state index is 0.607.